The molecule has 1 saturated carbocycles. The molecule has 1 aromatic rings. The molecule has 3 aliphatic rings. The van der Waals surface area contributed by atoms with Crippen molar-refractivity contribution in [3.8, 4) is 0 Å². The van der Waals surface area contributed by atoms with Crippen LogP contribution >= 0.6 is 11.6 Å². The number of ether oxygens (including phenoxy) is 1. The molecule has 4 rings (SSSR count). The van der Waals surface area contributed by atoms with Crippen LogP contribution in [-0.4, -0.2) is 24.9 Å². The molecule has 1 saturated heterocycles. The number of imide groups is 1. The van der Waals surface area contributed by atoms with Crippen LogP contribution in [0, 0.1) is 23.7 Å². The molecule has 2 amide bonds. The summed E-state index contributed by atoms with van der Waals surface area (Å²) in [6, 6.07) is 4.53. The summed E-state index contributed by atoms with van der Waals surface area (Å²) in [4.78, 5) is 38.5. The summed E-state index contributed by atoms with van der Waals surface area (Å²) in [5.41, 5.74) is 0.518. The van der Waals surface area contributed by atoms with Gasteiger partial charge in [-0.1, -0.05) is 23.8 Å². The highest BCUT2D eigenvalue weighted by molar-refractivity contribution is 6.34. The third kappa shape index (κ3) is 1.89. The first-order valence-electron chi connectivity index (χ1n) is 7.47. The Balaban J connectivity index is 1.73. The van der Waals surface area contributed by atoms with E-state index >= 15 is 0 Å². The van der Waals surface area contributed by atoms with Crippen molar-refractivity contribution in [2.75, 3.05) is 12.0 Å². The Morgan fingerprint density at radius 2 is 1.78 bits per heavy atom. The Morgan fingerprint density at radius 3 is 2.35 bits per heavy atom. The molecule has 1 aromatic carbocycles. The molecule has 5 nitrogen and oxygen atoms in total. The van der Waals surface area contributed by atoms with Gasteiger partial charge in [0.2, 0.25) is 11.8 Å². The molecule has 0 aromatic heterocycles. The quantitative estimate of drug-likeness (QED) is 0.474. The van der Waals surface area contributed by atoms with Crippen molar-refractivity contribution in [2.45, 2.75) is 6.42 Å². The number of nitrogens with zero attached hydrogens (tertiary/aromatic N) is 1. The van der Waals surface area contributed by atoms with E-state index < -0.39 is 5.97 Å². The normalized spacial score (nSPS) is 31.0. The molecule has 118 valence electrons. The third-order valence-corrected chi connectivity index (χ3v) is 5.41. The second-order valence-electron chi connectivity index (χ2n) is 6.17. The molecular formula is C17H14ClNO4. The van der Waals surface area contributed by atoms with Crippen LogP contribution in [0.4, 0.5) is 5.69 Å². The van der Waals surface area contributed by atoms with Crippen molar-refractivity contribution in [1.29, 1.82) is 0 Å². The van der Waals surface area contributed by atoms with Gasteiger partial charge in [0.15, 0.2) is 0 Å². The van der Waals surface area contributed by atoms with Crippen molar-refractivity contribution >= 4 is 35.1 Å². The molecule has 4 atom stereocenters. The minimum Gasteiger partial charge on any atom is -0.465 e. The molecule has 1 aliphatic heterocycles. The Labute approximate surface area is 137 Å². The van der Waals surface area contributed by atoms with Gasteiger partial charge in [-0.2, -0.15) is 0 Å². The number of carbonyl (C=O) groups excluding carboxylic acids is 3. The van der Waals surface area contributed by atoms with Gasteiger partial charge in [0.25, 0.3) is 0 Å². The first-order chi connectivity index (χ1) is 11.0. The number of halogens is 1. The lowest BCUT2D eigenvalue weighted by molar-refractivity contribution is -0.123. The highest BCUT2D eigenvalue weighted by Gasteiger charge is 2.59. The summed E-state index contributed by atoms with van der Waals surface area (Å²) in [6.45, 7) is 0. The molecule has 0 unspecified atom stereocenters. The number of carbonyl (C=O) groups is 3. The zero-order valence-corrected chi connectivity index (χ0v) is 13.1. The Hall–Kier alpha value is -2.14. The lowest BCUT2D eigenvalue weighted by Gasteiger charge is -2.18. The summed E-state index contributed by atoms with van der Waals surface area (Å²) in [5, 5.41) is 0.224. The summed E-state index contributed by atoms with van der Waals surface area (Å²) < 4.78 is 4.69. The van der Waals surface area contributed by atoms with Crippen molar-refractivity contribution in [3.63, 3.8) is 0 Å². The average Bonchev–Trinajstić information content (AvgIpc) is 3.22. The monoisotopic (exact) mass is 331 g/mol. The van der Waals surface area contributed by atoms with Gasteiger partial charge in [0.1, 0.15) is 0 Å². The third-order valence-electron chi connectivity index (χ3n) is 5.08. The van der Waals surface area contributed by atoms with Gasteiger partial charge in [-0.05, 0) is 36.5 Å². The van der Waals surface area contributed by atoms with Gasteiger partial charge >= 0.3 is 5.97 Å². The van der Waals surface area contributed by atoms with E-state index in [0.717, 1.165) is 6.42 Å². The number of methoxy groups -OCH3 is 1. The van der Waals surface area contributed by atoms with Gasteiger partial charge < -0.3 is 4.74 Å². The van der Waals surface area contributed by atoms with Crippen molar-refractivity contribution in [3.05, 3.63) is 40.9 Å². The maximum Gasteiger partial charge on any atom is 0.339 e. The maximum atomic E-state index is 12.7. The van der Waals surface area contributed by atoms with E-state index in [1.807, 2.05) is 12.2 Å². The number of amides is 2. The topological polar surface area (TPSA) is 63.7 Å². The van der Waals surface area contributed by atoms with E-state index in [4.69, 9.17) is 11.6 Å². The van der Waals surface area contributed by atoms with E-state index in [2.05, 4.69) is 4.74 Å². The number of esters is 1. The summed E-state index contributed by atoms with van der Waals surface area (Å²) in [5.74, 6) is -1.20. The number of benzene rings is 1. The molecule has 0 spiro atoms. The molecular weight excluding hydrogens is 318 g/mol. The Bertz CT molecular complexity index is 742. The smallest absolute Gasteiger partial charge is 0.339 e. The second kappa shape index (κ2) is 4.93. The molecule has 0 radical (unpaired) electrons. The van der Waals surface area contributed by atoms with Gasteiger partial charge in [-0.25, -0.2) is 9.69 Å². The van der Waals surface area contributed by atoms with Crippen LogP contribution in [0.25, 0.3) is 0 Å². The van der Waals surface area contributed by atoms with Crippen LogP contribution in [-0.2, 0) is 14.3 Å². The Morgan fingerprint density at radius 1 is 1.17 bits per heavy atom. The van der Waals surface area contributed by atoms with Crippen LogP contribution in [0.2, 0.25) is 5.02 Å². The van der Waals surface area contributed by atoms with Gasteiger partial charge in [0, 0.05) is 0 Å². The minimum absolute atomic E-state index is 0.144. The molecule has 1 heterocycles. The molecule has 23 heavy (non-hydrogen) atoms. The fourth-order valence-electron chi connectivity index (χ4n) is 4.08. The van der Waals surface area contributed by atoms with Crippen molar-refractivity contribution in [2.24, 2.45) is 23.7 Å². The highest BCUT2D eigenvalue weighted by atomic mass is 35.5. The number of hydrogen-bond donors (Lipinski definition) is 0. The zero-order valence-electron chi connectivity index (χ0n) is 12.4. The SMILES string of the molecule is COC(=O)c1cc(N2C(=O)[C@@H]3[C@H](C2=O)[C@H]2C=C[C@@H]3C2)ccc1Cl. The van der Waals surface area contributed by atoms with Gasteiger partial charge in [-0.15, -0.1) is 0 Å². The van der Waals surface area contributed by atoms with Gasteiger partial charge in [-0.3, -0.25) is 9.59 Å². The minimum atomic E-state index is -0.599. The highest BCUT2D eigenvalue weighted by Crippen LogP contribution is 2.53. The molecule has 6 heteroatoms. The van der Waals surface area contributed by atoms with Crippen LogP contribution in [0.5, 0.6) is 0 Å². The molecule has 0 N–H and O–H groups in total. The zero-order chi connectivity index (χ0) is 16.3. The van der Waals surface area contributed by atoms with Crippen molar-refractivity contribution < 1.29 is 19.1 Å². The predicted molar refractivity (Wildman–Crippen MR) is 83.0 cm³/mol. The largest absolute Gasteiger partial charge is 0.465 e. The molecule has 2 fully saturated rings. The first-order valence-corrected chi connectivity index (χ1v) is 7.84. The lowest BCUT2D eigenvalue weighted by Crippen LogP contribution is -2.33. The summed E-state index contributed by atoms with van der Waals surface area (Å²) >= 11 is 6.00. The van der Waals surface area contributed by atoms with Crippen LogP contribution in [0.15, 0.2) is 30.4 Å². The Kier molecular flexibility index (Phi) is 3.10. The van der Waals surface area contributed by atoms with E-state index in [1.165, 1.54) is 24.1 Å². The van der Waals surface area contributed by atoms with E-state index in [-0.39, 0.29) is 46.1 Å². The lowest BCUT2D eigenvalue weighted by atomic mass is 9.85. The second-order valence-corrected chi connectivity index (χ2v) is 6.57. The van der Waals surface area contributed by atoms with E-state index in [9.17, 15) is 14.4 Å². The fraction of sp³-hybridized carbons (Fsp3) is 0.353. The van der Waals surface area contributed by atoms with Gasteiger partial charge in [0.05, 0.1) is 35.2 Å². The first kappa shape index (κ1) is 14.5. The van der Waals surface area contributed by atoms with E-state index in [1.54, 1.807) is 6.07 Å². The number of fused-ring (bicyclic) bond motifs is 5. The number of rotatable bonds is 2. The number of allylic oxidation sites excluding steroid dienone is 2. The van der Waals surface area contributed by atoms with Crippen LogP contribution in [0.3, 0.4) is 0 Å². The number of hydrogen-bond acceptors (Lipinski definition) is 4. The molecule has 2 aliphatic carbocycles. The van der Waals surface area contributed by atoms with Crippen LogP contribution < -0.4 is 4.90 Å². The predicted octanol–water partition coefficient (Wildman–Crippen LogP) is 2.44. The van der Waals surface area contributed by atoms with Crippen LogP contribution in [0.1, 0.15) is 16.8 Å². The van der Waals surface area contributed by atoms with Crippen molar-refractivity contribution in [1.82, 2.24) is 0 Å². The summed E-state index contributed by atoms with van der Waals surface area (Å²) in [6.07, 6.45) is 4.97. The standard InChI is InChI=1S/C17H14ClNO4/c1-23-17(22)11-7-10(4-5-12(11)18)19-15(20)13-8-2-3-9(6-8)14(13)16(19)21/h2-5,7-9,13-14H,6H2,1H3/t8-,9+,13+,14-. The maximum absolute atomic E-state index is 12.7. The number of anilines is 1. The summed E-state index contributed by atoms with van der Waals surface area (Å²) in [7, 11) is 1.26. The average molecular weight is 332 g/mol. The molecule has 2 bridgehead atoms. The fourth-order valence-corrected chi connectivity index (χ4v) is 4.27. The van der Waals surface area contributed by atoms with E-state index in [0.29, 0.717) is 5.69 Å².